The number of aryl methyl sites for hydroxylation is 3. The predicted octanol–water partition coefficient (Wildman–Crippen LogP) is 0.984. The lowest BCUT2D eigenvalue weighted by atomic mass is 10.2. The lowest BCUT2D eigenvalue weighted by Crippen LogP contribution is -2.06. The van der Waals surface area contributed by atoms with E-state index in [0.29, 0.717) is 0 Å². The summed E-state index contributed by atoms with van der Waals surface area (Å²) in [4.78, 5) is 4.50. The number of nitrogens with zero attached hydrogens (tertiary/aromatic N) is 2. The summed E-state index contributed by atoms with van der Waals surface area (Å²) < 4.78 is 2.11. The minimum atomic E-state index is 1.05. The summed E-state index contributed by atoms with van der Waals surface area (Å²) in [5.74, 6) is 1.05. The standard InChI is InChI=1S/C10H11N2Si/c1-6-9(13)5-4-8-10(6)11-7(2)12(8)3/h4-5H,1-3H3. The van der Waals surface area contributed by atoms with Crippen LogP contribution in [-0.4, -0.2) is 19.8 Å². The van der Waals surface area contributed by atoms with Crippen molar-refractivity contribution in [2.24, 2.45) is 7.05 Å². The summed E-state index contributed by atoms with van der Waals surface area (Å²) in [5, 5.41) is 1.12. The van der Waals surface area contributed by atoms with Gasteiger partial charge in [-0.3, -0.25) is 0 Å². The number of fused-ring (bicyclic) bond motifs is 1. The van der Waals surface area contributed by atoms with E-state index in [0.717, 1.165) is 16.5 Å². The fourth-order valence-electron chi connectivity index (χ4n) is 1.51. The topological polar surface area (TPSA) is 17.8 Å². The maximum Gasteiger partial charge on any atom is 0.106 e. The van der Waals surface area contributed by atoms with E-state index in [1.54, 1.807) is 0 Å². The molecule has 0 amide bonds. The Morgan fingerprint density at radius 2 is 2.00 bits per heavy atom. The summed E-state index contributed by atoms with van der Waals surface area (Å²) in [6.07, 6.45) is 0. The number of benzene rings is 1. The van der Waals surface area contributed by atoms with Crippen LogP contribution in [0.1, 0.15) is 11.4 Å². The Balaban J connectivity index is 2.94. The van der Waals surface area contributed by atoms with Crippen LogP contribution in [0.2, 0.25) is 0 Å². The van der Waals surface area contributed by atoms with Gasteiger partial charge in [0.05, 0.1) is 21.3 Å². The zero-order valence-electron chi connectivity index (χ0n) is 8.05. The Bertz CT molecular complexity index is 471. The van der Waals surface area contributed by atoms with Crippen molar-refractivity contribution in [3.05, 3.63) is 23.5 Å². The molecule has 0 fully saturated rings. The van der Waals surface area contributed by atoms with Gasteiger partial charge in [-0.1, -0.05) is 11.3 Å². The highest BCUT2D eigenvalue weighted by molar-refractivity contribution is 6.34. The molecule has 2 nitrogen and oxygen atoms in total. The van der Waals surface area contributed by atoms with E-state index < -0.39 is 0 Å². The lowest BCUT2D eigenvalue weighted by Gasteiger charge is -2.00. The third-order valence-corrected chi connectivity index (χ3v) is 3.07. The average Bonchev–Trinajstić information content (AvgIpc) is 2.38. The molecule has 1 aromatic carbocycles. The fraction of sp³-hybridized carbons (Fsp3) is 0.300. The highest BCUT2D eigenvalue weighted by atomic mass is 28.1. The molecule has 0 saturated heterocycles. The van der Waals surface area contributed by atoms with E-state index >= 15 is 0 Å². The third kappa shape index (κ3) is 1.11. The molecule has 0 saturated carbocycles. The molecule has 65 valence electrons. The van der Waals surface area contributed by atoms with Crippen molar-refractivity contribution in [2.45, 2.75) is 13.8 Å². The van der Waals surface area contributed by atoms with E-state index in [1.165, 1.54) is 11.1 Å². The van der Waals surface area contributed by atoms with Crippen molar-refractivity contribution in [1.82, 2.24) is 9.55 Å². The molecule has 0 aliphatic rings. The normalized spacial score (nSPS) is 11.1. The Labute approximate surface area is 81.0 Å². The first-order chi connectivity index (χ1) is 6.11. The van der Waals surface area contributed by atoms with E-state index in [2.05, 4.69) is 38.9 Å². The highest BCUT2D eigenvalue weighted by Crippen LogP contribution is 2.15. The zero-order chi connectivity index (χ0) is 9.59. The van der Waals surface area contributed by atoms with Gasteiger partial charge in [-0.15, -0.1) is 0 Å². The lowest BCUT2D eigenvalue weighted by molar-refractivity contribution is 0.886. The Morgan fingerprint density at radius 3 is 2.69 bits per heavy atom. The maximum absolute atomic E-state index is 4.50. The molecule has 1 aromatic heterocycles. The molecule has 0 spiro atoms. The summed E-state index contributed by atoms with van der Waals surface area (Å²) in [5.41, 5.74) is 3.49. The minimum absolute atomic E-state index is 1.05. The van der Waals surface area contributed by atoms with Crippen LogP contribution in [0.4, 0.5) is 0 Å². The molecule has 0 aliphatic heterocycles. The van der Waals surface area contributed by atoms with Crippen LogP contribution in [0.5, 0.6) is 0 Å². The number of rotatable bonds is 0. The Morgan fingerprint density at radius 1 is 1.31 bits per heavy atom. The molecule has 0 atom stereocenters. The van der Waals surface area contributed by atoms with Gasteiger partial charge in [-0.25, -0.2) is 4.98 Å². The van der Waals surface area contributed by atoms with E-state index in [9.17, 15) is 0 Å². The van der Waals surface area contributed by atoms with Gasteiger partial charge in [-0.2, -0.15) is 0 Å². The minimum Gasteiger partial charge on any atom is -0.331 e. The van der Waals surface area contributed by atoms with E-state index in [4.69, 9.17) is 0 Å². The van der Waals surface area contributed by atoms with Crippen molar-refractivity contribution >= 4 is 26.5 Å². The molecule has 2 aromatic rings. The van der Waals surface area contributed by atoms with Gasteiger partial charge >= 0.3 is 0 Å². The fourth-order valence-corrected chi connectivity index (χ4v) is 1.71. The van der Waals surface area contributed by atoms with Crippen LogP contribution >= 0.6 is 0 Å². The molecule has 3 heteroatoms. The predicted molar refractivity (Wildman–Crippen MR) is 55.6 cm³/mol. The van der Waals surface area contributed by atoms with Crippen LogP contribution in [0.15, 0.2) is 12.1 Å². The van der Waals surface area contributed by atoms with E-state index in [-0.39, 0.29) is 0 Å². The first-order valence-corrected chi connectivity index (χ1v) is 4.75. The number of hydrogen-bond acceptors (Lipinski definition) is 1. The molecule has 0 unspecified atom stereocenters. The second-order valence-corrected chi connectivity index (χ2v) is 3.86. The first kappa shape index (κ1) is 8.50. The van der Waals surface area contributed by atoms with Crippen LogP contribution in [0.3, 0.4) is 0 Å². The Kier molecular flexibility index (Phi) is 1.77. The van der Waals surface area contributed by atoms with Gasteiger partial charge in [0.25, 0.3) is 0 Å². The van der Waals surface area contributed by atoms with Crippen molar-refractivity contribution in [3.63, 3.8) is 0 Å². The SMILES string of the molecule is Cc1c([Si])ccc2c1nc(C)n2C. The van der Waals surface area contributed by atoms with Gasteiger partial charge in [0.2, 0.25) is 0 Å². The summed E-state index contributed by atoms with van der Waals surface area (Å²) >= 11 is 0. The molecule has 0 bridgehead atoms. The first-order valence-electron chi connectivity index (χ1n) is 4.25. The van der Waals surface area contributed by atoms with E-state index in [1.807, 2.05) is 14.0 Å². The average molecular weight is 187 g/mol. The summed E-state index contributed by atoms with van der Waals surface area (Å²) in [6, 6.07) is 4.15. The summed E-state index contributed by atoms with van der Waals surface area (Å²) in [7, 11) is 5.59. The zero-order valence-corrected chi connectivity index (χ0v) is 9.05. The number of aromatic nitrogens is 2. The second kappa shape index (κ2) is 2.70. The largest absolute Gasteiger partial charge is 0.331 e. The maximum atomic E-state index is 4.50. The van der Waals surface area contributed by atoms with Crippen LogP contribution in [0.25, 0.3) is 11.0 Å². The van der Waals surface area contributed by atoms with Gasteiger partial charge in [0.15, 0.2) is 0 Å². The van der Waals surface area contributed by atoms with Gasteiger partial charge in [-0.05, 0) is 25.5 Å². The van der Waals surface area contributed by atoms with Gasteiger partial charge in [0.1, 0.15) is 5.82 Å². The molecular formula is C10H11N2Si. The van der Waals surface area contributed by atoms with Gasteiger partial charge in [0, 0.05) is 7.05 Å². The quantitative estimate of drug-likeness (QED) is 0.562. The molecule has 0 N–H and O–H groups in total. The molecule has 0 aliphatic carbocycles. The van der Waals surface area contributed by atoms with Crippen molar-refractivity contribution in [3.8, 4) is 0 Å². The Hall–Kier alpha value is -1.09. The smallest absolute Gasteiger partial charge is 0.106 e. The third-order valence-electron chi connectivity index (χ3n) is 2.53. The molecule has 2 rings (SSSR count). The van der Waals surface area contributed by atoms with Crippen LogP contribution in [0, 0.1) is 13.8 Å². The highest BCUT2D eigenvalue weighted by Gasteiger charge is 2.06. The van der Waals surface area contributed by atoms with Crippen molar-refractivity contribution < 1.29 is 0 Å². The van der Waals surface area contributed by atoms with Crippen LogP contribution in [-0.2, 0) is 7.05 Å². The monoisotopic (exact) mass is 187 g/mol. The van der Waals surface area contributed by atoms with Crippen molar-refractivity contribution in [2.75, 3.05) is 0 Å². The van der Waals surface area contributed by atoms with Crippen LogP contribution < -0.4 is 5.19 Å². The molecule has 13 heavy (non-hydrogen) atoms. The summed E-state index contributed by atoms with van der Waals surface area (Å²) in [6.45, 7) is 4.10. The molecular weight excluding hydrogens is 176 g/mol. The molecule has 3 radical (unpaired) electrons. The number of imidazole rings is 1. The second-order valence-electron chi connectivity index (χ2n) is 3.32. The number of hydrogen-bond donors (Lipinski definition) is 0. The van der Waals surface area contributed by atoms with Gasteiger partial charge < -0.3 is 4.57 Å². The molecule has 1 heterocycles. The van der Waals surface area contributed by atoms with Crippen molar-refractivity contribution in [1.29, 1.82) is 0 Å².